The van der Waals surface area contributed by atoms with Crippen molar-refractivity contribution in [1.29, 1.82) is 0 Å². The highest BCUT2D eigenvalue weighted by Crippen LogP contribution is 2.35. The molecular weight excluding hydrogens is 876 g/mol. The van der Waals surface area contributed by atoms with Gasteiger partial charge in [0, 0.05) is 28.1 Å². The Morgan fingerprint density at radius 2 is 0.812 bits per heavy atom. The maximum absolute atomic E-state index is 12.5. The van der Waals surface area contributed by atoms with Crippen LogP contribution >= 0.6 is 0 Å². The summed E-state index contributed by atoms with van der Waals surface area (Å²) in [5.41, 5.74) is 0. The molecule has 28 heteroatoms. The maximum atomic E-state index is 12.5. The lowest BCUT2D eigenvalue weighted by atomic mass is 9.94. The first-order chi connectivity index (χ1) is 30.3. The lowest BCUT2D eigenvalue weighted by Crippen LogP contribution is -2.70. The van der Waals surface area contributed by atoms with Gasteiger partial charge in [0.05, 0.1) is 33.0 Å². The van der Waals surface area contributed by atoms with Crippen LogP contribution < -0.4 is 10.6 Å². The van der Waals surface area contributed by atoms with Crippen LogP contribution in [0.4, 0.5) is 0 Å². The largest absolute Gasteiger partial charge is 0.394 e. The van der Waals surface area contributed by atoms with Crippen molar-refractivity contribution in [3.8, 4) is 0 Å². The van der Waals surface area contributed by atoms with E-state index in [-0.39, 0.29) is 0 Å². The summed E-state index contributed by atoms with van der Waals surface area (Å²) in [6.45, 7) is -1.96. The van der Waals surface area contributed by atoms with E-state index in [2.05, 4.69) is 10.6 Å². The molecule has 15 N–H and O–H groups in total. The van der Waals surface area contributed by atoms with Crippen molar-refractivity contribution in [3.05, 3.63) is 0 Å². The molecule has 0 aromatic rings. The lowest BCUT2D eigenvalue weighted by Gasteiger charge is -2.50. The normalized spacial score (nSPS) is 47.8. The number of nitrogens with one attached hydrogen (secondary N) is 2. The van der Waals surface area contributed by atoms with Crippen molar-refractivity contribution in [1.82, 2.24) is 10.6 Å². The quantitative estimate of drug-likeness (QED) is 0.0644. The van der Waals surface area contributed by atoms with Crippen LogP contribution in [0.25, 0.3) is 0 Å². The second kappa shape index (κ2) is 23.3. The Kier molecular flexibility index (Phi) is 19.3. The van der Waals surface area contributed by atoms with E-state index >= 15 is 0 Å². The second-order valence-corrected chi connectivity index (χ2v) is 15.9. The molecule has 2 amide bonds. The summed E-state index contributed by atoms with van der Waals surface area (Å²) in [7, 11) is 2.31. The van der Waals surface area contributed by atoms with Gasteiger partial charge in [-0.25, -0.2) is 0 Å². The number of hydrogen-bond donors (Lipinski definition) is 15. The fraction of sp³-hybridized carbons (Fsp3) is 0.944. The Bertz CT molecular complexity index is 1480. The minimum Gasteiger partial charge on any atom is -0.394 e. The minimum absolute atomic E-state index is 0.681. The first-order valence-electron chi connectivity index (χ1n) is 20.4. The molecule has 5 aliphatic rings. The molecule has 28 nitrogen and oxygen atoms in total. The second-order valence-electron chi connectivity index (χ2n) is 15.9. The zero-order valence-electron chi connectivity index (χ0n) is 35.1. The van der Waals surface area contributed by atoms with Crippen LogP contribution in [0.2, 0.25) is 0 Å². The fourth-order valence-corrected chi connectivity index (χ4v) is 8.26. The van der Waals surface area contributed by atoms with Gasteiger partial charge in [-0.2, -0.15) is 0 Å². The molecule has 25 atom stereocenters. The van der Waals surface area contributed by atoms with Crippen LogP contribution in [0.15, 0.2) is 0 Å². The lowest BCUT2D eigenvalue weighted by molar-refractivity contribution is -0.384. The molecule has 372 valence electrons. The van der Waals surface area contributed by atoms with Gasteiger partial charge < -0.3 is 129 Å². The molecule has 5 heterocycles. The third-order valence-corrected chi connectivity index (χ3v) is 11.6. The summed E-state index contributed by atoms with van der Waals surface area (Å²) in [6.07, 6.45) is -39.1. The molecule has 5 aliphatic heterocycles. The summed E-state index contributed by atoms with van der Waals surface area (Å²) in [6, 6.07) is -3.15. The van der Waals surface area contributed by atoms with E-state index in [1.807, 2.05) is 0 Å². The molecule has 0 radical (unpaired) electrons. The van der Waals surface area contributed by atoms with Crippen molar-refractivity contribution >= 4 is 11.8 Å². The molecule has 0 aromatic heterocycles. The van der Waals surface area contributed by atoms with E-state index in [9.17, 15) is 76.0 Å². The van der Waals surface area contributed by atoms with Gasteiger partial charge in [0.25, 0.3) is 0 Å². The Labute approximate surface area is 364 Å². The van der Waals surface area contributed by atoms with Gasteiger partial charge in [-0.3, -0.25) is 9.59 Å². The number of aliphatic hydroxyl groups is 13. The van der Waals surface area contributed by atoms with E-state index in [0.29, 0.717) is 0 Å². The van der Waals surface area contributed by atoms with Crippen molar-refractivity contribution < 1.29 is 128 Å². The Balaban J connectivity index is 1.43. The number of methoxy groups -OCH3 is 2. The molecule has 0 aromatic carbocycles. The van der Waals surface area contributed by atoms with Crippen molar-refractivity contribution in [2.75, 3.05) is 47.3 Å². The number of ether oxygens (including phenoxy) is 11. The molecular formula is C36H62N2O26. The average Bonchev–Trinajstić information content (AvgIpc) is 3.25. The zero-order valence-corrected chi connectivity index (χ0v) is 35.1. The number of aliphatic hydroxyl groups excluding tert-OH is 13. The van der Waals surface area contributed by atoms with Gasteiger partial charge in [-0.1, -0.05) is 0 Å². The van der Waals surface area contributed by atoms with E-state index < -0.39 is 198 Å². The Morgan fingerprint density at radius 3 is 1.31 bits per heavy atom. The monoisotopic (exact) mass is 938 g/mol. The number of carbonyl (C=O) groups excluding carboxylic acids is 2. The molecule has 0 saturated carbocycles. The third-order valence-electron chi connectivity index (χ3n) is 11.6. The standard InChI is InChI=1S/C36H62N2O26/c1-10(43)37-17-22(48)27(14(7-41)57-32(17)53)62-33-18(38-11(2)44)23(49)28(15(8-42)60-33)63-36-26(52)31(64-35-25(51)30(55-4)20(46)13(6-40)59-35)21(47)16(61-36)9-56-34-24(50)29(54-3)19(45)12(5-39)58-34/h12-36,39-42,45-53H,5-9H2,1-4H3,(H,37,43)(H,38,44)/t12-,13-,14-,15-,16-,17-,18-,19-,20-,21-,22-,23-,24+,25+,26+,27-,28-,29+,30+,31+,32-,33+,34+,35-,36+/m1/s1. The van der Waals surface area contributed by atoms with Crippen LogP contribution in [0, 0.1) is 0 Å². The molecule has 64 heavy (non-hydrogen) atoms. The summed E-state index contributed by atoms with van der Waals surface area (Å²) in [4.78, 5) is 24.3. The van der Waals surface area contributed by atoms with Crippen LogP contribution in [0.3, 0.4) is 0 Å². The molecule has 5 fully saturated rings. The molecule has 0 bridgehead atoms. The number of carbonyl (C=O) groups is 2. The van der Waals surface area contributed by atoms with Gasteiger partial charge in [0.2, 0.25) is 11.8 Å². The Hall–Kier alpha value is -2.02. The van der Waals surface area contributed by atoms with Gasteiger partial charge >= 0.3 is 0 Å². The number of amides is 2. The van der Waals surface area contributed by atoms with Crippen LogP contribution in [-0.4, -0.2) is 279 Å². The third kappa shape index (κ3) is 11.5. The highest BCUT2D eigenvalue weighted by Gasteiger charge is 2.56. The van der Waals surface area contributed by atoms with Crippen LogP contribution in [0.1, 0.15) is 13.8 Å². The highest BCUT2D eigenvalue weighted by atomic mass is 16.8. The first kappa shape index (κ1) is 52.9. The van der Waals surface area contributed by atoms with Gasteiger partial charge in [-0.15, -0.1) is 0 Å². The van der Waals surface area contributed by atoms with Gasteiger partial charge in [0.15, 0.2) is 31.5 Å². The van der Waals surface area contributed by atoms with Crippen LogP contribution in [-0.2, 0) is 61.7 Å². The SMILES string of the molecule is CO[C@@H]1[C@H](O)[C@@H](OC[C@H]2O[C@@H](O[C@H]3[C@H](O)[C@@H](NC(C)=O)[C@H](O[C@H]4[C@H](O)[C@@H](NC(C)=O)[C@H](O)O[C@@H]4CO)O[C@@H]3CO)[C@@H](O)[C@@H](O[C@H]3O[C@H](CO)[C@@H](O)[C@H](OC)[C@@H]3O)[C@@H]2O)O[C@H](CO)[C@H]1O. The molecule has 0 unspecified atom stereocenters. The highest BCUT2D eigenvalue weighted by molar-refractivity contribution is 5.73. The zero-order chi connectivity index (χ0) is 47.3. The van der Waals surface area contributed by atoms with Crippen molar-refractivity contribution in [3.63, 3.8) is 0 Å². The molecule has 0 spiro atoms. The maximum Gasteiger partial charge on any atom is 0.217 e. The predicted octanol–water partition coefficient (Wildman–Crippen LogP) is -10.3. The van der Waals surface area contributed by atoms with Gasteiger partial charge in [0.1, 0.15) is 122 Å². The number of hydrogen-bond acceptors (Lipinski definition) is 26. The summed E-state index contributed by atoms with van der Waals surface area (Å²) in [5.74, 6) is -1.46. The summed E-state index contributed by atoms with van der Waals surface area (Å²) < 4.78 is 62.2. The minimum atomic E-state index is -2.12. The molecule has 5 saturated heterocycles. The van der Waals surface area contributed by atoms with E-state index in [1.54, 1.807) is 0 Å². The van der Waals surface area contributed by atoms with Gasteiger partial charge in [-0.05, 0) is 0 Å². The molecule has 0 aliphatic carbocycles. The van der Waals surface area contributed by atoms with E-state index in [1.165, 1.54) is 7.11 Å². The number of rotatable bonds is 17. The topological polar surface area (TPSA) is 423 Å². The smallest absolute Gasteiger partial charge is 0.217 e. The predicted molar refractivity (Wildman–Crippen MR) is 199 cm³/mol. The summed E-state index contributed by atoms with van der Waals surface area (Å²) in [5, 5.41) is 145. The fourth-order valence-electron chi connectivity index (χ4n) is 8.26. The van der Waals surface area contributed by atoms with Crippen LogP contribution in [0.5, 0.6) is 0 Å². The summed E-state index contributed by atoms with van der Waals surface area (Å²) >= 11 is 0. The van der Waals surface area contributed by atoms with Crippen molar-refractivity contribution in [2.24, 2.45) is 0 Å². The first-order valence-corrected chi connectivity index (χ1v) is 20.4. The molecule has 5 rings (SSSR count). The van der Waals surface area contributed by atoms with E-state index in [4.69, 9.17) is 52.1 Å². The Morgan fingerprint density at radius 1 is 0.438 bits per heavy atom. The van der Waals surface area contributed by atoms with Crippen molar-refractivity contribution in [2.45, 2.75) is 167 Å². The van der Waals surface area contributed by atoms with E-state index in [0.717, 1.165) is 21.0 Å². The average molecular weight is 939 g/mol.